The van der Waals surface area contributed by atoms with Gasteiger partial charge >= 0.3 is 0 Å². The molecule has 0 atom stereocenters. The van der Waals surface area contributed by atoms with Gasteiger partial charge in [0.1, 0.15) is 11.4 Å². The van der Waals surface area contributed by atoms with Crippen LogP contribution in [0.4, 0.5) is 8.78 Å². The molecule has 1 aliphatic heterocycles. The zero-order chi connectivity index (χ0) is 12.5. The minimum atomic E-state index is -0.915. The van der Waals surface area contributed by atoms with Crippen molar-refractivity contribution in [3.05, 3.63) is 29.3 Å². The summed E-state index contributed by atoms with van der Waals surface area (Å²) < 4.78 is 37.7. The monoisotopic (exact) mass is 244 g/mol. The third kappa shape index (κ3) is 2.12. The van der Waals surface area contributed by atoms with E-state index in [4.69, 9.17) is 9.47 Å². The molecule has 0 spiro atoms. The molecule has 1 fully saturated rings. The molecule has 1 aromatic carbocycles. The summed E-state index contributed by atoms with van der Waals surface area (Å²) in [4.78, 5) is 0. The standard InChI is InChI=1S/C12H14F2O3/c1-16-12(2-4-17-5-3-12)9-6-8(13)7-10(15)11(9)14/h6-7,15H,2-5H2,1H3. The molecule has 5 heteroatoms. The molecule has 3 nitrogen and oxygen atoms in total. The van der Waals surface area contributed by atoms with Crippen molar-refractivity contribution in [2.45, 2.75) is 18.4 Å². The van der Waals surface area contributed by atoms with Crippen molar-refractivity contribution in [2.75, 3.05) is 20.3 Å². The van der Waals surface area contributed by atoms with Gasteiger partial charge in [-0.2, -0.15) is 0 Å². The smallest absolute Gasteiger partial charge is 0.171 e. The van der Waals surface area contributed by atoms with Crippen LogP contribution in [0.1, 0.15) is 18.4 Å². The summed E-state index contributed by atoms with van der Waals surface area (Å²) in [5, 5.41) is 9.32. The summed E-state index contributed by atoms with van der Waals surface area (Å²) in [5.41, 5.74) is -0.858. The molecule has 0 amide bonds. The SMILES string of the molecule is COC1(c2cc(F)cc(O)c2F)CCOCC1. The van der Waals surface area contributed by atoms with Crippen LogP contribution in [-0.2, 0) is 15.1 Å². The summed E-state index contributed by atoms with van der Waals surface area (Å²) in [6, 6.07) is 1.82. The first-order valence-electron chi connectivity index (χ1n) is 5.40. The molecule has 1 aliphatic rings. The molecule has 0 saturated carbocycles. The summed E-state index contributed by atoms with van der Waals surface area (Å²) in [7, 11) is 1.45. The van der Waals surface area contributed by atoms with Crippen molar-refractivity contribution in [2.24, 2.45) is 0 Å². The van der Waals surface area contributed by atoms with Gasteiger partial charge < -0.3 is 14.6 Å². The zero-order valence-electron chi connectivity index (χ0n) is 9.50. The molecule has 0 aromatic heterocycles. The number of benzene rings is 1. The van der Waals surface area contributed by atoms with E-state index in [9.17, 15) is 13.9 Å². The molecule has 1 heterocycles. The topological polar surface area (TPSA) is 38.7 Å². The molecule has 0 aliphatic carbocycles. The number of halogens is 2. The van der Waals surface area contributed by atoms with Gasteiger partial charge in [-0.15, -0.1) is 0 Å². The average molecular weight is 244 g/mol. The number of methoxy groups -OCH3 is 1. The van der Waals surface area contributed by atoms with Gasteiger partial charge in [-0.05, 0) is 6.07 Å². The van der Waals surface area contributed by atoms with Crippen LogP contribution in [0.2, 0.25) is 0 Å². The molecule has 1 saturated heterocycles. The number of hydrogen-bond acceptors (Lipinski definition) is 3. The Labute approximate surface area is 98.0 Å². The van der Waals surface area contributed by atoms with Crippen molar-refractivity contribution >= 4 is 0 Å². The first-order chi connectivity index (χ1) is 8.09. The van der Waals surface area contributed by atoms with E-state index in [0.717, 1.165) is 12.1 Å². The lowest BCUT2D eigenvalue weighted by molar-refractivity contribution is -0.0968. The second kappa shape index (κ2) is 4.58. The summed E-state index contributed by atoms with van der Waals surface area (Å²) in [6.45, 7) is 0.842. The lowest BCUT2D eigenvalue weighted by atomic mass is 9.85. The molecule has 0 radical (unpaired) electrons. The third-order valence-corrected chi connectivity index (χ3v) is 3.20. The second-order valence-electron chi connectivity index (χ2n) is 4.10. The van der Waals surface area contributed by atoms with Crippen LogP contribution < -0.4 is 0 Å². The largest absolute Gasteiger partial charge is 0.505 e. The molecule has 2 rings (SSSR count). The maximum Gasteiger partial charge on any atom is 0.171 e. The maximum absolute atomic E-state index is 13.9. The Morgan fingerprint density at radius 1 is 1.29 bits per heavy atom. The molecule has 0 bridgehead atoms. The molecular weight excluding hydrogens is 230 g/mol. The van der Waals surface area contributed by atoms with Crippen LogP contribution in [-0.4, -0.2) is 25.4 Å². The van der Waals surface area contributed by atoms with Crippen molar-refractivity contribution in [1.82, 2.24) is 0 Å². The van der Waals surface area contributed by atoms with Gasteiger partial charge in [-0.25, -0.2) is 8.78 Å². The van der Waals surface area contributed by atoms with E-state index in [0.29, 0.717) is 26.1 Å². The van der Waals surface area contributed by atoms with E-state index in [2.05, 4.69) is 0 Å². The summed E-state index contributed by atoms with van der Waals surface area (Å²) in [6.07, 6.45) is 0.868. The minimum Gasteiger partial charge on any atom is -0.505 e. The third-order valence-electron chi connectivity index (χ3n) is 3.20. The predicted molar refractivity (Wildman–Crippen MR) is 56.8 cm³/mol. The first-order valence-corrected chi connectivity index (χ1v) is 5.40. The number of hydrogen-bond donors (Lipinski definition) is 1. The minimum absolute atomic E-state index is 0.0563. The number of ether oxygens (including phenoxy) is 2. The van der Waals surface area contributed by atoms with Crippen molar-refractivity contribution in [3.8, 4) is 5.75 Å². The zero-order valence-corrected chi connectivity index (χ0v) is 9.50. The van der Waals surface area contributed by atoms with Crippen LogP contribution in [0.5, 0.6) is 5.75 Å². The highest BCUT2D eigenvalue weighted by Crippen LogP contribution is 2.39. The first kappa shape index (κ1) is 12.3. The fraction of sp³-hybridized carbons (Fsp3) is 0.500. The van der Waals surface area contributed by atoms with E-state index in [-0.39, 0.29) is 5.56 Å². The highest BCUT2D eigenvalue weighted by atomic mass is 19.1. The summed E-state index contributed by atoms with van der Waals surface area (Å²) >= 11 is 0. The number of aromatic hydroxyl groups is 1. The Balaban J connectivity index is 2.49. The Kier molecular flexibility index (Phi) is 3.31. The Morgan fingerprint density at radius 3 is 2.53 bits per heavy atom. The van der Waals surface area contributed by atoms with Crippen LogP contribution in [0, 0.1) is 11.6 Å². The highest BCUT2D eigenvalue weighted by Gasteiger charge is 2.38. The van der Waals surface area contributed by atoms with Gasteiger partial charge in [-0.1, -0.05) is 0 Å². The van der Waals surface area contributed by atoms with Gasteiger partial charge in [0.2, 0.25) is 0 Å². The van der Waals surface area contributed by atoms with Crippen LogP contribution >= 0.6 is 0 Å². The van der Waals surface area contributed by atoms with E-state index < -0.39 is 23.0 Å². The lowest BCUT2D eigenvalue weighted by Gasteiger charge is -2.36. The highest BCUT2D eigenvalue weighted by molar-refractivity contribution is 5.35. The van der Waals surface area contributed by atoms with Gasteiger partial charge in [0.15, 0.2) is 11.6 Å². The number of phenols is 1. The maximum atomic E-state index is 13.9. The van der Waals surface area contributed by atoms with Gasteiger partial charge in [-0.3, -0.25) is 0 Å². The van der Waals surface area contributed by atoms with Crippen molar-refractivity contribution < 1.29 is 23.4 Å². The van der Waals surface area contributed by atoms with Gasteiger partial charge in [0, 0.05) is 44.8 Å². The van der Waals surface area contributed by atoms with Gasteiger partial charge in [0.25, 0.3) is 0 Å². The summed E-state index contributed by atoms with van der Waals surface area (Å²) in [5.74, 6) is -2.19. The van der Waals surface area contributed by atoms with Crippen LogP contribution in [0.3, 0.4) is 0 Å². The normalized spacial score (nSPS) is 19.2. The molecule has 1 aromatic rings. The quantitative estimate of drug-likeness (QED) is 0.867. The molecular formula is C12H14F2O3. The lowest BCUT2D eigenvalue weighted by Crippen LogP contribution is -2.36. The molecule has 17 heavy (non-hydrogen) atoms. The van der Waals surface area contributed by atoms with E-state index >= 15 is 0 Å². The van der Waals surface area contributed by atoms with E-state index in [1.165, 1.54) is 7.11 Å². The average Bonchev–Trinajstić information content (AvgIpc) is 2.34. The predicted octanol–water partition coefficient (Wildman–Crippen LogP) is 2.32. The Bertz CT molecular complexity index is 414. The fourth-order valence-electron chi connectivity index (χ4n) is 2.19. The second-order valence-corrected chi connectivity index (χ2v) is 4.10. The number of rotatable bonds is 2. The van der Waals surface area contributed by atoms with Gasteiger partial charge in [0.05, 0.1) is 0 Å². The molecule has 0 unspecified atom stereocenters. The van der Waals surface area contributed by atoms with E-state index in [1.807, 2.05) is 0 Å². The van der Waals surface area contributed by atoms with Crippen LogP contribution in [0.15, 0.2) is 12.1 Å². The van der Waals surface area contributed by atoms with E-state index in [1.54, 1.807) is 0 Å². The molecule has 1 N–H and O–H groups in total. The van der Waals surface area contributed by atoms with Crippen LogP contribution in [0.25, 0.3) is 0 Å². The number of phenolic OH excluding ortho intramolecular Hbond substituents is 1. The van der Waals surface area contributed by atoms with Crippen molar-refractivity contribution in [3.63, 3.8) is 0 Å². The van der Waals surface area contributed by atoms with Crippen molar-refractivity contribution in [1.29, 1.82) is 0 Å². The fourth-order valence-corrected chi connectivity index (χ4v) is 2.19. The molecule has 94 valence electrons. The Morgan fingerprint density at radius 2 is 1.94 bits per heavy atom. The Hall–Kier alpha value is -1.20.